The molecule has 114 valence electrons. The van der Waals surface area contributed by atoms with Gasteiger partial charge in [-0.1, -0.05) is 6.92 Å². The Morgan fingerprint density at radius 1 is 1.50 bits per heavy atom. The second-order valence-electron chi connectivity index (χ2n) is 5.03. The first-order valence-electron chi connectivity index (χ1n) is 6.85. The molecule has 0 amide bonds. The monoisotopic (exact) mass is 302 g/mol. The van der Waals surface area contributed by atoms with E-state index in [4.69, 9.17) is 4.74 Å². The van der Waals surface area contributed by atoms with Crippen molar-refractivity contribution in [2.75, 3.05) is 20.2 Å². The van der Waals surface area contributed by atoms with E-state index in [9.17, 15) is 13.5 Å². The summed E-state index contributed by atoms with van der Waals surface area (Å²) < 4.78 is 33.6. The molecule has 0 aromatic carbocycles. The summed E-state index contributed by atoms with van der Waals surface area (Å²) >= 11 is 0. The second-order valence-corrected chi connectivity index (χ2v) is 6.97. The molecule has 1 fully saturated rings. The second kappa shape index (κ2) is 6.26. The standard InChI is InChI=1S/C13H22N2O4S/c1-3-5-14-9-13(7-11(14)10-16)20(17,18)15-6-4-12(8-15)19-2/h7,9,12,16H,3-6,8,10H2,1-2H3. The van der Waals surface area contributed by atoms with Crippen LogP contribution in [-0.2, 0) is 27.9 Å². The Balaban J connectivity index is 2.26. The molecule has 0 aliphatic carbocycles. The number of hydrogen-bond acceptors (Lipinski definition) is 4. The number of hydrogen-bond donors (Lipinski definition) is 1. The molecule has 2 heterocycles. The van der Waals surface area contributed by atoms with Crippen LogP contribution in [0.5, 0.6) is 0 Å². The first-order valence-corrected chi connectivity index (χ1v) is 8.29. The maximum Gasteiger partial charge on any atom is 0.244 e. The van der Waals surface area contributed by atoms with E-state index in [1.54, 1.807) is 23.9 Å². The normalized spacial score (nSPS) is 20.6. The van der Waals surface area contributed by atoms with Gasteiger partial charge in [-0.15, -0.1) is 0 Å². The van der Waals surface area contributed by atoms with Crippen molar-refractivity contribution in [2.24, 2.45) is 0 Å². The Labute approximate surface area is 120 Å². The molecule has 1 saturated heterocycles. The fraction of sp³-hybridized carbons (Fsp3) is 0.692. The molecule has 0 radical (unpaired) electrons. The van der Waals surface area contributed by atoms with Gasteiger partial charge in [-0.25, -0.2) is 8.42 Å². The lowest BCUT2D eigenvalue weighted by Gasteiger charge is -2.15. The number of aromatic nitrogens is 1. The van der Waals surface area contributed by atoms with Crippen LogP contribution in [0.2, 0.25) is 0 Å². The average molecular weight is 302 g/mol. The van der Waals surface area contributed by atoms with Gasteiger partial charge in [0.05, 0.1) is 12.7 Å². The van der Waals surface area contributed by atoms with Crippen molar-refractivity contribution in [3.05, 3.63) is 18.0 Å². The third-order valence-electron chi connectivity index (χ3n) is 3.67. The van der Waals surface area contributed by atoms with Gasteiger partial charge >= 0.3 is 0 Å². The summed E-state index contributed by atoms with van der Waals surface area (Å²) in [5.41, 5.74) is 0.632. The summed E-state index contributed by atoms with van der Waals surface area (Å²) in [6, 6.07) is 1.56. The molecule has 0 bridgehead atoms. The van der Waals surface area contributed by atoms with E-state index < -0.39 is 10.0 Å². The highest BCUT2D eigenvalue weighted by molar-refractivity contribution is 7.89. The van der Waals surface area contributed by atoms with Crippen LogP contribution in [-0.4, -0.2) is 48.7 Å². The zero-order valence-electron chi connectivity index (χ0n) is 11.9. The molecule has 1 aromatic heterocycles. The van der Waals surface area contributed by atoms with Gasteiger partial charge < -0.3 is 14.4 Å². The third kappa shape index (κ3) is 2.90. The maximum atomic E-state index is 12.6. The SMILES string of the molecule is CCCn1cc(S(=O)(=O)N2CCC(OC)C2)cc1CO. The molecule has 1 aliphatic rings. The summed E-state index contributed by atoms with van der Waals surface area (Å²) in [7, 11) is -1.89. The number of rotatable bonds is 6. The minimum absolute atomic E-state index is 0.0279. The number of aliphatic hydroxyl groups is 1. The van der Waals surface area contributed by atoms with Crippen molar-refractivity contribution < 1.29 is 18.3 Å². The van der Waals surface area contributed by atoms with Crippen molar-refractivity contribution >= 4 is 10.0 Å². The zero-order valence-corrected chi connectivity index (χ0v) is 12.8. The Morgan fingerprint density at radius 2 is 2.25 bits per heavy atom. The molecular formula is C13H22N2O4S. The Morgan fingerprint density at radius 3 is 2.80 bits per heavy atom. The topological polar surface area (TPSA) is 71.8 Å². The van der Waals surface area contributed by atoms with Crippen LogP contribution in [0.4, 0.5) is 0 Å². The lowest BCUT2D eigenvalue weighted by atomic mass is 10.3. The van der Waals surface area contributed by atoms with Crippen LogP contribution in [0.3, 0.4) is 0 Å². The van der Waals surface area contributed by atoms with E-state index in [0.29, 0.717) is 25.3 Å². The van der Waals surface area contributed by atoms with Crippen LogP contribution in [0.25, 0.3) is 0 Å². The van der Waals surface area contributed by atoms with Gasteiger partial charge in [0, 0.05) is 38.6 Å². The van der Waals surface area contributed by atoms with Crippen LogP contribution < -0.4 is 0 Å². The van der Waals surface area contributed by atoms with Crippen LogP contribution in [0.1, 0.15) is 25.5 Å². The Hall–Kier alpha value is -0.890. The number of aryl methyl sites for hydroxylation is 1. The number of sulfonamides is 1. The molecule has 1 unspecified atom stereocenters. The van der Waals surface area contributed by atoms with Gasteiger partial charge in [0.1, 0.15) is 4.90 Å². The Bertz CT molecular complexity index is 553. The minimum atomic E-state index is -3.49. The molecular weight excluding hydrogens is 280 g/mol. The summed E-state index contributed by atoms with van der Waals surface area (Å²) in [5, 5.41) is 9.32. The summed E-state index contributed by atoms with van der Waals surface area (Å²) in [6.07, 6.45) is 3.19. The Kier molecular flexibility index (Phi) is 4.85. The van der Waals surface area contributed by atoms with Gasteiger partial charge in [0.25, 0.3) is 0 Å². The smallest absolute Gasteiger partial charge is 0.244 e. The number of methoxy groups -OCH3 is 1. The van der Waals surface area contributed by atoms with Gasteiger partial charge in [-0.05, 0) is 18.9 Å². The van der Waals surface area contributed by atoms with E-state index in [-0.39, 0.29) is 17.6 Å². The molecule has 1 N–H and O–H groups in total. The average Bonchev–Trinajstić information content (AvgIpc) is 3.05. The molecule has 7 heteroatoms. The van der Waals surface area contributed by atoms with E-state index in [0.717, 1.165) is 12.8 Å². The molecule has 1 aliphatic heterocycles. The van der Waals surface area contributed by atoms with Crippen LogP contribution in [0.15, 0.2) is 17.2 Å². The minimum Gasteiger partial charge on any atom is -0.390 e. The molecule has 1 aromatic rings. The third-order valence-corrected chi connectivity index (χ3v) is 5.50. The largest absolute Gasteiger partial charge is 0.390 e. The lowest BCUT2D eigenvalue weighted by molar-refractivity contribution is 0.115. The quantitative estimate of drug-likeness (QED) is 0.844. The van der Waals surface area contributed by atoms with Gasteiger partial charge in [-0.2, -0.15) is 4.31 Å². The zero-order chi connectivity index (χ0) is 14.8. The van der Waals surface area contributed by atoms with Gasteiger partial charge in [-0.3, -0.25) is 0 Å². The van der Waals surface area contributed by atoms with E-state index in [1.165, 1.54) is 4.31 Å². The maximum absolute atomic E-state index is 12.6. The predicted octanol–water partition coefficient (Wildman–Crippen LogP) is 0.800. The fourth-order valence-corrected chi connectivity index (χ4v) is 4.06. The number of ether oxygens (including phenoxy) is 1. The summed E-state index contributed by atoms with van der Waals surface area (Å²) in [5.74, 6) is 0. The fourth-order valence-electron chi connectivity index (χ4n) is 2.50. The molecule has 2 rings (SSSR count). The van der Waals surface area contributed by atoms with Crippen molar-refractivity contribution in [2.45, 2.75) is 43.9 Å². The predicted molar refractivity (Wildman–Crippen MR) is 74.8 cm³/mol. The first-order chi connectivity index (χ1) is 9.52. The van der Waals surface area contributed by atoms with Crippen molar-refractivity contribution in [3.63, 3.8) is 0 Å². The first kappa shape index (κ1) is 15.5. The van der Waals surface area contributed by atoms with E-state index >= 15 is 0 Å². The molecule has 20 heavy (non-hydrogen) atoms. The van der Waals surface area contributed by atoms with E-state index in [1.807, 2.05) is 6.92 Å². The summed E-state index contributed by atoms with van der Waals surface area (Å²) in [4.78, 5) is 0.256. The van der Waals surface area contributed by atoms with Gasteiger partial charge in [0.2, 0.25) is 10.0 Å². The lowest BCUT2D eigenvalue weighted by Crippen LogP contribution is -2.29. The molecule has 0 spiro atoms. The van der Waals surface area contributed by atoms with Crippen LogP contribution in [0, 0.1) is 0 Å². The molecule has 6 nitrogen and oxygen atoms in total. The molecule has 1 atom stereocenters. The summed E-state index contributed by atoms with van der Waals surface area (Å²) in [6.45, 7) is 3.43. The highest BCUT2D eigenvalue weighted by Gasteiger charge is 2.33. The number of aliphatic hydroxyl groups excluding tert-OH is 1. The van der Waals surface area contributed by atoms with Gasteiger partial charge in [0.15, 0.2) is 0 Å². The van der Waals surface area contributed by atoms with E-state index in [2.05, 4.69) is 0 Å². The molecule has 0 saturated carbocycles. The number of nitrogens with zero attached hydrogens (tertiary/aromatic N) is 2. The highest BCUT2D eigenvalue weighted by atomic mass is 32.2. The van der Waals surface area contributed by atoms with Crippen molar-refractivity contribution in [3.8, 4) is 0 Å². The van der Waals surface area contributed by atoms with Crippen molar-refractivity contribution in [1.82, 2.24) is 8.87 Å². The van der Waals surface area contributed by atoms with Crippen molar-refractivity contribution in [1.29, 1.82) is 0 Å². The highest BCUT2D eigenvalue weighted by Crippen LogP contribution is 2.24. The van der Waals surface area contributed by atoms with Crippen LogP contribution >= 0.6 is 0 Å².